The van der Waals surface area contributed by atoms with Crippen molar-refractivity contribution in [1.29, 1.82) is 5.26 Å². The molecule has 0 bridgehead atoms. The zero-order valence-corrected chi connectivity index (χ0v) is 14.1. The minimum atomic E-state index is -0.539. The number of ketones is 1. The van der Waals surface area contributed by atoms with Crippen LogP contribution >= 0.6 is 0 Å². The van der Waals surface area contributed by atoms with Crippen molar-refractivity contribution < 1.29 is 18.7 Å². The van der Waals surface area contributed by atoms with Crippen molar-refractivity contribution in [3.05, 3.63) is 63.7 Å². The van der Waals surface area contributed by atoms with Gasteiger partial charge in [0.25, 0.3) is 0 Å². The summed E-state index contributed by atoms with van der Waals surface area (Å²) in [5.74, 6) is -1.46. The third-order valence-electron chi connectivity index (χ3n) is 3.69. The number of esters is 1. The van der Waals surface area contributed by atoms with Crippen molar-refractivity contribution in [2.45, 2.75) is 20.8 Å². The van der Waals surface area contributed by atoms with Gasteiger partial charge in [0.1, 0.15) is 17.5 Å². The lowest BCUT2D eigenvalue weighted by Crippen LogP contribution is -2.08. The van der Waals surface area contributed by atoms with Crippen LogP contribution in [0.2, 0.25) is 0 Å². The zero-order valence-electron chi connectivity index (χ0n) is 14.1. The first-order valence-electron chi connectivity index (χ1n) is 7.67. The Balaban J connectivity index is 2.42. The van der Waals surface area contributed by atoms with E-state index in [4.69, 9.17) is 4.74 Å². The van der Waals surface area contributed by atoms with Crippen molar-refractivity contribution in [3.63, 3.8) is 0 Å². The Hall–Kier alpha value is -3.20. The number of benzene rings is 1. The van der Waals surface area contributed by atoms with E-state index < -0.39 is 17.6 Å². The second-order valence-electron chi connectivity index (χ2n) is 5.40. The number of hydrogen-bond acceptors (Lipinski definition) is 4. The van der Waals surface area contributed by atoms with Crippen LogP contribution in [0.25, 0.3) is 6.08 Å². The van der Waals surface area contributed by atoms with E-state index >= 15 is 0 Å². The van der Waals surface area contributed by atoms with Gasteiger partial charge in [0.2, 0.25) is 5.78 Å². The number of allylic oxidation sites excluding steroid dienone is 1. The Morgan fingerprint density at radius 1 is 1.28 bits per heavy atom. The summed E-state index contributed by atoms with van der Waals surface area (Å²) in [6, 6.07) is 7.28. The van der Waals surface area contributed by atoms with E-state index in [1.165, 1.54) is 30.3 Å². The Bertz CT molecular complexity index is 887. The highest BCUT2D eigenvalue weighted by Gasteiger charge is 2.24. The van der Waals surface area contributed by atoms with E-state index in [0.29, 0.717) is 22.4 Å². The summed E-state index contributed by atoms with van der Waals surface area (Å²) >= 11 is 0. The minimum absolute atomic E-state index is 0.119. The molecule has 1 N–H and O–H groups in total. The highest BCUT2D eigenvalue weighted by atomic mass is 19.1. The van der Waals surface area contributed by atoms with Crippen LogP contribution in [0.1, 0.15) is 44.6 Å². The number of ether oxygens (including phenoxy) is 1. The van der Waals surface area contributed by atoms with Gasteiger partial charge in [0, 0.05) is 5.69 Å². The number of carbonyl (C=O) groups is 2. The summed E-state index contributed by atoms with van der Waals surface area (Å²) in [7, 11) is 0. The van der Waals surface area contributed by atoms with Crippen LogP contribution in [-0.4, -0.2) is 23.3 Å². The molecule has 0 radical (unpaired) electrons. The van der Waals surface area contributed by atoms with Gasteiger partial charge < -0.3 is 9.72 Å². The topological polar surface area (TPSA) is 83.0 Å². The molecule has 0 aliphatic carbocycles. The first-order chi connectivity index (χ1) is 11.9. The largest absolute Gasteiger partial charge is 0.462 e. The normalized spacial score (nSPS) is 11.1. The van der Waals surface area contributed by atoms with Gasteiger partial charge in [-0.2, -0.15) is 5.26 Å². The predicted molar refractivity (Wildman–Crippen MR) is 90.5 cm³/mol. The zero-order chi connectivity index (χ0) is 18.6. The van der Waals surface area contributed by atoms with E-state index in [1.807, 2.05) is 6.07 Å². The Labute approximate surface area is 144 Å². The van der Waals surface area contributed by atoms with Gasteiger partial charge in [-0.05, 0) is 50.1 Å². The molecule has 0 atom stereocenters. The van der Waals surface area contributed by atoms with Crippen LogP contribution in [0.3, 0.4) is 0 Å². The fourth-order valence-electron chi connectivity index (χ4n) is 2.50. The molecule has 0 spiro atoms. The van der Waals surface area contributed by atoms with Crippen molar-refractivity contribution in [1.82, 2.24) is 4.98 Å². The second-order valence-corrected chi connectivity index (χ2v) is 5.40. The fraction of sp³-hybridized carbons (Fsp3) is 0.211. The lowest BCUT2D eigenvalue weighted by atomic mass is 10.0. The molecule has 0 aliphatic rings. The number of Topliss-reactive ketones (excluding diaryl/α,β-unsaturated/α-hetero) is 1. The number of aromatic nitrogens is 1. The average molecular weight is 340 g/mol. The molecule has 128 valence electrons. The van der Waals surface area contributed by atoms with E-state index in [0.717, 1.165) is 0 Å². The van der Waals surface area contributed by atoms with Gasteiger partial charge in [-0.3, -0.25) is 4.79 Å². The number of nitrogens with zero attached hydrogens (tertiary/aromatic N) is 1. The SMILES string of the molecule is CCOC(=O)c1c(C)[nH]c(C(=O)C(C#N)=Cc2ccc(F)cc2)c1C. The Morgan fingerprint density at radius 3 is 2.48 bits per heavy atom. The highest BCUT2D eigenvalue weighted by Crippen LogP contribution is 2.22. The summed E-state index contributed by atoms with van der Waals surface area (Å²) in [5, 5.41) is 9.32. The van der Waals surface area contributed by atoms with Gasteiger partial charge in [0.15, 0.2) is 0 Å². The summed E-state index contributed by atoms with van der Waals surface area (Å²) in [6.07, 6.45) is 1.38. The fourth-order valence-corrected chi connectivity index (χ4v) is 2.50. The standard InChI is InChI=1S/C19H17FN2O3/c1-4-25-19(24)16-11(2)17(22-12(16)3)18(23)14(10-21)9-13-5-7-15(20)8-6-13/h5-9,22H,4H2,1-3H3. The van der Waals surface area contributed by atoms with Crippen molar-refractivity contribution in [2.24, 2.45) is 0 Å². The molecule has 25 heavy (non-hydrogen) atoms. The number of nitrogens with one attached hydrogen (secondary N) is 1. The Kier molecular flexibility index (Phi) is 5.50. The van der Waals surface area contributed by atoms with Gasteiger partial charge in [0.05, 0.1) is 17.9 Å². The first-order valence-corrected chi connectivity index (χ1v) is 7.67. The number of hydrogen-bond donors (Lipinski definition) is 1. The molecule has 2 aromatic rings. The molecule has 0 unspecified atom stereocenters. The molecule has 1 aromatic heterocycles. The third kappa shape index (κ3) is 3.83. The minimum Gasteiger partial charge on any atom is -0.462 e. The number of H-pyrrole nitrogens is 1. The lowest BCUT2D eigenvalue weighted by molar-refractivity contribution is 0.0525. The molecule has 2 rings (SSSR count). The van der Waals surface area contributed by atoms with Crippen molar-refractivity contribution >= 4 is 17.8 Å². The smallest absolute Gasteiger partial charge is 0.340 e. The van der Waals surface area contributed by atoms with Crippen LogP contribution in [0.15, 0.2) is 29.8 Å². The second kappa shape index (κ2) is 7.58. The summed E-state index contributed by atoms with van der Waals surface area (Å²) in [4.78, 5) is 27.5. The monoisotopic (exact) mass is 340 g/mol. The lowest BCUT2D eigenvalue weighted by Gasteiger charge is -2.02. The van der Waals surface area contributed by atoms with Gasteiger partial charge in [-0.1, -0.05) is 12.1 Å². The molecule has 5 nitrogen and oxygen atoms in total. The van der Waals surface area contributed by atoms with Gasteiger partial charge in [-0.25, -0.2) is 9.18 Å². The van der Waals surface area contributed by atoms with Crippen LogP contribution < -0.4 is 0 Å². The molecule has 0 amide bonds. The number of aromatic amines is 1. The predicted octanol–water partition coefficient (Wildman–Crippen LogP) is 3.74. The number of halogens is 1. The maximum absolute atomic E-state index is 13.0. The van der Waals surface area contributed by atoms with Crippen LogP contribution in [0, 0.1) is 31.0 Å². The third-order valence-corrected chi connectivity index (χ3v) is 3.69. The molecule has 0 fully saturated rings. The number of rotatable bonds is 5. The number of nitriles is 1. The van der Waals surface area contributed by atoms with Crippen molar-refractivity contribution in [3.8, 4) is 6.07 Å². The number of aryl methyl sites for hydroxylation is 1. The molecule has 0 aliphatic heterocycles. The van der Waals surface area contributed by atoms with Crippen molar-refractivity contribution in [2.75, 3.05) is 6.61 Å². The summed E-state index contributed by atoms with van der Waals surface area (Å²) in [6.45, 7) is 5.20. The summed E-state index contributed by atoms with van der Waals surface area (Å²) < 4.78 is 18.0. The maximum atomic E-state index is 13.0. The molecular weight excluding hydrogens is 323 g/mol. The molecule has 1 aromatic carbocycles. The average Bonchev–Trinajstić information content (AvgIpc) is 2.88. The van der Waals surface area contributed by atoms with Crippen LogP contribution in [-0.2, 0) is 4.74 Å². The quantitative estimate of drug-likeness (QED) is 0.389. The first kappa shape index (κ1) is 18.1. The molecule has 0 saturated heterocycles. The van der Waals surface area contributed by atoms with Crippen LogP contribution in [0.4, 0.5) is 4.39 Å². The van der Waals surface area contributed by atoms with Gasteiger partial charge in [-0.15, -0.1) is 0 Å². The summed E-state index contributed by atoms with van der Waals surface area (Å²) in [5.41, 5.74) is 1.79. The highest BCUT2D eigenvalue weighted by molar-refractivity contribution is 6.15. The van der Waals surface area contributed by atoms with E-state index in [9.17, 15) is 19.2 Å². The molecule has 1 heterocycles. The molecular formula is C19H17FN2O3. The van der Waals surface area contributed by atoms with E-state index in [-0.39, 0.29) is 17.9 Å². The Morgan fingerprint density at radius 2 is 1.92 bits per heavy atom. The van der Waals surface area contributed by atoms with Crippen LogP contribution in [0.5, 0.6) is 0 Å². The van der Waals surface area contributed by atoms with E-state index in [1.54, 1.807) is 20.8 Å². The van der Waals surface area contributed by atoms with Gasteiger partial charge >= 0.3 is 5.97 Å². The molecule has 6 heteroatoms. The maximum Gasteiger partial charge on any atom is 0.340 e. The molecule has 0 saturated carbocycles. The number of carbonyl (C=O) groups excluding carboxylic acids is 2. The van der Waals surface area contributed by atoms with E-state index in [2.05, 4.69) is 4.98 Å².